The van der Waals surface area contributed by atoms with Crippen LogP contribution in [0.4, 0.5) is 4.39 Å². The molecule has 2 heterocycles. The van der Waals surface area contributed by atoms with E-state index in [1.165, 1.54) is 16.3 Å². The molecule has 0 saturated carbocycles. The molecule has 144 valence electrons. The summed E-state index contributed by atoms with van der Waals surface area (Å²) in [5, 5.41) is 10.5. The van der Waals surface area contributed by atoms with Crippen LogP contribution in [0.15, 0.2) is 72.9 Å². The highest BCUT2D eigenvalue weighted by molar-refractivity contribution is 5.83. The number of fused-ring (bicyclic) bond motifs is 2. The number of benzene rings is 3. The summed E-state index contributed by atoms with van der Waals surface area (Å²) in [7, 11) is 2.12. The smallest absolute Gasteiger partial charge is 0.132 e. The van der Waals surface area contributed by atoms with Crippen LogP contribution in [0.2, 0.25) is 0 Å². The third-order valence-corrected chi connectivity index (χ3v) is 5.87. The normalized spacial score (nSPS) is 17.1. The monoisotopic (exact) mass is 383 g/mol. The lowest BCUT2D eigenvalue weighted by Crippen LogP contribution is -2.17. The van der Waals surface area contributed by atoms with Crippen molar-refractivity contribution < 1.29 is 4.39 Å². The standard InChI is InChI=1S/C25H22FN3/c1-29-12-10-21(19-9-8-17-5-2-3-6-18(17)13-19)22-15-24(26)23(14-20(22)16-29)25-7-4-11-27-28-25/h2-9,11,13-15,21H,10,12,16H2,1H3. The third-order valence-electron chi connectivity index (χ3n) is 5.87. The average molecular weight is 383 g/mol. The number of hydrogen-bond acceptors (Lipinski definition) is 3. The Kier molecular flexibility index (Phi) is 4.57. The first-order valence-electron chi connectivity index (χ1n) is 9.97. The quantitative estimate of drug-likeness (QED) is 0.464. The lowest BCUT2D eigenvalue weighted by atomic mass is 9.84. The summed E-state index contributed by atoms with van der Waals surface area (Å²) in [5.41, 5.74) is 4.57. The van der Waals surface area contributed by atoms with Crippen LogP contribution in [-0.4, -0.2) is 28.7 Å². The van der Waals surface area contributed by atoms with E-state index in [0.29, 0.717) is 11.3 Å². The predicted octanol–water partition coefficient (Wildman–Crippen LogP) is 5.40. The van der Waals surface area contributed by atoms with E-state index < -0.39 is 0 Å². The largest absolute Gasteiger partial charge is 0.302 e. The first-order valence-corrected chi connectivity index (χ1v) is 9.97. The Morgan fingerprint density at radius 3 is 2.66 bits per heavy atom. The second kappa shape index (κ2) is 7.37. The van der Waals surface area contributed by atoms with Gasteiger partial charge in [0, 0.05) is 24.2 Å². The van der Waals surface area contributed by atoms with Crippen molar-refractivity contribution in [3.63, 3.8) is 0 Å². The van der Waals surface area contributed by atoms with Gasteiger partial charge in [-0.3, -0.25) is 0 Å². The van der Waals surface area contributed by atoms with E-state index in [1.807, 2.05) is 6.07 Å². The molecule has 4 aromatic rings. The van der Waals surface area contributed by atoms with Crippen LogP contribution >= 0.6 is 0 Å². The number of halogens is 1. The van der Waals surface area contributed by atoms with Crippen molar-refractivity contribution in [2.24, 2.45) is 0 Å². The summed E-state index contributed by atoms with van der Waals surface area (Å²) >= 11 is 0. The van der Waals surface area contributed by atoms with Gasteiger partial charge < -0.3 is 4.90 Å². The number of hydrogen-bond donors (Lipinski definition) is 0. The highest BCUT2D eigenvalue weighted by Gasteiger charge is 2.25. The fraction of sp³-hybridized carbons (Fsp3) is 0.200. The zero-order chi connectivity index (χ0) is 19.8. The van der Waals surface area contributed by atoms with Crippen LogP contribution in [0.5, 0.6) is 0 Å². The number of aromatic nitrogens is 2. The first kappa shape index (κ1) is 18.0. The summed E-state index contributed by atoms with van der Waals surface area (Å²) in [6.07, 6.45) is 2.57. The van der Waals surface area contributed by atoms with Gasteiger partial charge in [-0.15, -0.1) is 0 Å². The molecule has 0 radical (unpaired) electrons. The second-order valence-electron chi connectivity index (χ2n) is 7.83. The highest BCUT2D eigenvalue weighted by atomic mass is 19.1. The number of rotatable bonds is 2. The summed E-state index contributed by atoms with van der Waals surface area (Å²) in [5.74, 6) is -0.0652. The molecule has 1 aromatic heterocycles. The topological polar surface area (TPSA) is 29.0 Å². The Balaban J connectivity index is 1.64. The van der Waals surface area contributed by atoms with Crippen molar-refractivity contribution >= 4 is 10.8 Å². The van der Waals surface area contributed by atoms with Crippen LogP contribution in [0.3, 0.4) is 0 Å². The average Bonchev–Trinajstić information content (AvgIpc) is 2.91. The van der Waals surface area contributed by atoms with E-state index in [-0.39, 0.29) is 11.7 Å². The molecule has 0 N–H and O–H groups in total. The Bertz CT molecular complexity index is 1170. The third kappa shape index (κ3) is 3.40. The van der Waals surface area contributed by atoms with Crippen LogP contribution in [-0.2, 0) is 6.54 Å². The summed E-state index contributed by atoms with van der Waals surface area (Å²) in [6, 6.07) is 22.3. The van der Waals surface area contributed by atoms with Crippen molar-refractivity contribution in [3.05, 3.63) is 95.4 Å². The predicted molar refractivity (Wildman–Crippen MR) is 114 cm³/mol. The summed E-state index contributed by atoms with van der Waals surface area (Å²) < 4.78 is 15.2. The zero-order valence-corrected chi connectivity index (χ0v) is 16.3. The molecular weight excluding hydrogens is 361 g/mol. The van der Waals surface area contributed by atoms with Gasteiger partial charge in [-0.2, -0.15) is 10.2 Å². The van der Waals surface area contributed by atoms with E-state index in [9.17, 15) is 0 Å². The van der Waals surface area contributed by atoms with Gasteiger partial charge in [-0.05, 0) is 71.7 Å². The van der Waals surface area contributed by atoms with Crippen molar-refractivity contribution in [2.45, 2.75) is 18.9 Å². The van der Waals surface area contributed by atoms with Crippen LogP contribution < -0.4 is 0 Å². The van der Waals surface area contributed by atoms with Gasteiger partial charge in [0.1, 0.15) is 5.82 Å². The molecule has 0 fully saturated rings. The molecule has 0 aliphatic carbocycles. The van der Waals surface area contributed by atoms with E-state index in [1.54, 1.807) is 24.4 Å². The first-order chi connectivity index (χ1) is 14.2. The molecule has 1 unspecified atom stereocenters. The maximum atomic E-state index is 15.2. The SMILES string of the molecule is CN1CCC(c2ccc3ccccc3c2)c2cc(F)c(-c3cccnn3)cc2C1. The number of nitrogens with zero attached hydrogens (tertiary/aromatic N) is 3. The minimum Gasteiger partial charge on any atom is -0.302 e. The molecule has 0 spiro atoms. The van der Waals surface area contributed by atoms with Gasteiger partial charge in [0.15, 0.2) is 0 Å². The van der Waals surface area contributed by atoms with E-state index >= 15 is 4.39 Å². The molecule has 29 heavy (non-hydrogen) atoms. The van der Waals surface area contributed by atoms with Gasteiger partial charge in [-0.1, -0.05) is 42.5 Å². The lowest BCUT2D eigenvalue weighted by molar-refractivity contribution is 0.328. The van der Waals surface area contributed by atoms with E-state index in [0.717, 1.165) is 30.6 Å². The maximum Gasteiger partial charge on any atom is 0.132 e. The fourth-order valence-corrected chi connectivity index (χ4v) is 4.38. The molecule has 1 atom stereocenters. The Morgan fingerprint density at radius 1 is 0.966 bits per heavy atom. The molecule has 4 heteroatoms. The minimum atomic E-state index is -0.236. The lowest BCUT2D eigenvalue weighted by Gasteiger charge is -2.19. The van der Waals surface area contributed by atoms with Gasteiger partial charge in [0.05, 0.1) is 5.69 Å². The molecule has 5 rings (SSSR count). The van der Waals surface area contributed by atoms with Crippen molar-refractivity contribution in [3.8, 4) is 11.3 Å². The maximum absolute atomic E-state index is 15.2. The van der Waals surface area contributed by atoms with Gasteiger partial charge in [-0.25, -0.2) is 4.39 Å². The van der Waals surface area contributed by atoms with Crippen LogP contribution in [0, 0.1) is 5.82 Å². The minimum absolute atomic E-state index is 0.171. The van der Waals surface area contributed by atoms with Gasteiger partial charge in [0.25, 0.3) is 0 Å². The molecule has 0 bridgehead atoms. The van der Waals surface area contributed by atoms with Crippen LogP contribution in [0.1, 0.15) is 29.0 Å². The van der Waals surface area contributed by atoms with Crippen molar-refractivity contribution in [1.29, 1.82) is 0 Å². The zero-order valence-electron chi connectivity index (χ0n) is 16.3. The Labute approximate surface area is 169 Å². The molecular formula is C25H22FN3. The van der Waals surface area contributed by atoms with Gasteiger partial charge in [0.2, 0.25) is 0 Å². The summed E-state index contributed by atoms with van der Waals surface area (Å²) in [4.78, 5) is 2.30. The molecule has 0 saturated heterocycles. The Hall–Kier alpha value is -3.11. The molecule has 3 aromatic carbocycles. The fourth-order valence-electron chi connectivity index (χ4n) is 4.38. The molecule has 3 nitrogen and oxygen atoms in total. The van der Waals surface area contributed by atoms with Crippen molar-refractivity contribution in [2.75, 3.05) is 13.6 Å². The molecule has 1 aliphatic heterocycles. The highest BCUT2D eigenvalue weighted by Crippen LogP contribution is 2.37. The summed E-state index contributed by atoms with van der Waals surface area (Å²) in [6.45, 7) is 1.77. The van der Waals surface area contributed by atoms with E-state index in [2.05, 4.69) is 64.6 Å². The van der Waals surface area contributed by atoms with Crippen LogP contribution in [0.25, 0.3) is 22.0 Å². The second-order valence-corrected chi connectivity index (χ2v) is 7.83. The Morgan fingerprint density at radius 2 is 1.83 bits per heavy atom. The van der Waals surface area contributed by atoms with E-state index in [4.69, 9.17) is 0 Å². The molecule has 0 amide bonds. The molecule has 1 aliphatic rings. The van der Waals surface area contributed by atoms with Gasteiger partial charge >= 0.3 is 0 Å². The van der Waals surface area contributed by atoms with Crippen molar-refractivity contribution in [1.82, 2.24) is 15.1 Å².